The summed E-state index contributed by atoms with van der Waals surface area (Å²) < 4.78 is 1.46. The Kier molecular flexibility index (Phi) is 3.91. The second kappa shape index (κ2) is 4.76. The van der Waals surface area contributed by atoms with Crippen LogP contribution in [-0.2, 0) is 32.5 Å². The fraction of sp³-hybridized carbons (Fsp3) is 0.400. The molecule has 3 rings (SSSR count). The van der Waals surface area contributed by atoms with Crippen molar-refractivity contribution in [1.29, 1.82) is 0 Å². The van der Waals surface area contributed by atoms with Crippen LogP contribution < -0.4 is 56.9 Å². The van der Waals surface area contributed by atoms with E-state index in [1.54, 1.807) is 18.4 Å². The van der Waals surface area contributed by atoms with E-state index in [9.17, 15) is 4.79 Å². The summed E-state index contributed by atoms with van der Waals surface area (Å²) in [6.45, 7) is 0. The molecule has 1 aliphatic carbocycles. The Hall–Kier alpha value is 0.696. The van der Waals surface area contributed by atoms with E-state index in [1.165, 1.54) is 15.0 Å². The first-order valence-corrected chi connectivity index (χ1v) is 6.09. The summed E-state index contributed by atoms with van der Waals surface area (Å²) in [5.41, 5.74) is 1.24. The van der Waals surface area contributed by atoms with Crippen LogP contribution >= 0.6 is 11.3 Å². The molecule has 78 valence electrons. The van der Waals surface area contributed by atoms with E-state index < -0.39 is 0 Å². The molecule has 0 radical (unpaired) electrons. The molecule has 0 aliphatic heterocycles. The van der Waals surface area contributed by atoms with Gasteiger partial charge in [-0.25, -0.2) is 4.98 Å². The molecule has 1 aliphatic rings. The van der Waals surface area contributed by atoms with Crippen molar-refractivity contribution in [3.63, 3.8) is 0 Å². The molecule has 2 aromatic heterocycles. The van der Waals surface area contributed by atoms with Gasteiger partial charge in [-0.1, -0.05) is 0 Å². The number of fused-ring (bicyclic) bond motifs is 3. The average Bonchev–Trinajstić information content (AvgIpc) is 2.73. The number of thiophene rings is 1. The van der Waals surface area contributed by atoms with Crippen LogP contribution in [-0.4, -0.2) is 9.55 Å². The second-order valence-corrected chi connectivity index (χ2v) is 5.24. The summed E-state index contributed by atoms with van der Waals surface area (Å²) in [5, 5.41) is 1.19. The monoisotopic (exact) mass is 276 g/mol. The van der Waals surface area contributed by atoms with Gasteiger partial charge in [0.1, 0.15) is 4.83 Å². The molecule has 0 unspecified atom stereocenters. The van der Waals surface area contributed by atoms with E-state index in [2.05, 4.69) is 4.98 Å². The molecule has 0 atom stereocenters. The fourth-order valence-corrected chi connectivity index (χ4v) is 3.59. The minimum Gasteiger partial charge on any atom is -0.742 e. The van der Waals surface area contributed by atoms with Crippen molar-refractivity contribution in [1.82, 2.24) is 9.55 Å². The molecule has 0 aromatic carbocycles. The maximum absolute atomic E-state index is 12.0. The minimum absolute atomic E-state index is 0. The number of aromatic nitrogens is 2. The Morgan fingerprint density at radius 2 is 2.19 bits per heavy atom. The Bertz CT molecular complexity index is 617. The van der Waals surface area contributed by atoms with Crippen LogP contribution in [0.15, 0.2) is 9.95 Å². The quantitative estimate of drug-likeness (QED) is 0.330. The van der Waals surface area contributed by atoms with Gasteiger partial charge in [-0.15, -0.1) is 11.3 Å². The SMILES string of the molecule is Cn1c([S-])nc2sc3c(c2c1=O)CCC3.[K+]. The van der Waals surface area contributed by atoms with Crippen LogP contribution in [0.5, 0.6) is 0 Å². The molecule has 0 spiro atoms. The summed E-state index contributed by atoms with van der Waals surface area (Å²) in [4.78, 5) is 18.5. The zero-order valence-electron chi connectivity index (χ0n) is 9.24. The van der Waals surface area contributed by atoms with Crippen molar-refractivity contribution in [2.45, 2.75) is 24.4 Å². The van der Waals surface area contributed by atoms with E-state index in [4.69, 9.17) is 12.6 Å². The van der Waals surface area contributed by atoms with Gasteiger partial charge in [-0.05, 0) is 30.0 Å². The van der Waals surface area contributed by atoms with E-state index in [0.29, 0.717) is 5.16 Å². The molecule has 0 bridgehead atoms. The van der Waals surface area contributed by atoms with E-state index in [1.807, 2.05) is 0 Å². The van der Waals surface area contributed by atoms with Gasteiger partial charge in [-0.3, -0.25) is 4.79 Å². The second-order valence-electron chi connectivity index (χ2n) is 3.80. The first-order chi connectivity index (χ1) is 7.18. The first kappa shape index (κ1) is 13.1. The summed E-state index contributed by atoms with van der Waals surface area (Å²) in [6.07, 6.45) is 3.27. The molecule has 3 nitrogen and oxygen atoms in total. The number of nitrogens with zero attached hydrogens (tertiary/aromatic N) is 2. The smallest absolute Gasteiger partial charge is 0.742 e. The zero-order chi connectivity index (χ0) is 10.6. The van der Waals surface area contributed by atoms with Crippen molar-refractivity contribution < 1.29 is 51.4 Å². The zero-order valence-corrected chi connectivity index (χ0v) is 14.0. The van der Waals surface area contributed by atoms with Crippen LogP contribution in [0, 0.1) is 0 Å². The third-order valence-corrected chi connectivity index (χ3v) is 4.46. The Morgan fingerprint density at radius 1 is 1.44 bits per heavy atom. The van der Waals surface area contributed by atoms with Crippen LogP contribution in [0.2, 0.25) is 0 Å². The van der Waals surface area contributed by atoms with Gasteiger partial charge in [0.05, 0.1) is 5.39 Å². The maximum atomic E-state index is 12.0. The molecular formula is C10H9KN2OS2. The fourth-order valence-electron chi connectivity index (χ4n) is 2.11. The molecular weight excluding hydrogens is 267 g/mol. The maximum Gasteiger partial charge on any atom is 1.00 e. The van der Waals surface area contributed by atoms with Gasteiger partial charge in [0.15, 0.2) is 0 Å². The Balaban J connectivity index is 0.000000963. The molecule has 0 fully saturated rings. The molecule has 2 aromatic rings. The van der Waals surface area contributed by atoms with Crippen molar-refractivity contribution in [2.24, 2.45) is 7.05 Å². The topological polar surface area (TPSA) is 34.9 Å². The predicted molar refractivity (Wildman–Crippen MR) is 62.5 cm³/mol. The molecule has 0 N–H and O–H groups in total. The van der Waals surface area contributed by atoms with E-state index in [0.717, 1.165) is 29.5 Å². The molecule has 0 saturated heterocycles. The van der Waals surface area contributed by atoms with Crippen LogP contribution in [0.25, 0.3) is 10.2 Å². The summed E-state index contributed by atoms with van der Waals surface area (Å²) in [6, 6.07) is 0. The van der Waals surface area contributed by atoms with Gasteiger partial charge >= 0.3 is 51.4 Å². The molecule has 2 heterocycles. The van der Waals surface area contributed by atoms with Gasteiger partial charge in [0.2, 0.25) is 0 Å². The first-order valence-electron chi connectivity index (χ1n) is 4.87. The number of hydrogen-bond acceptors (Lipinski definition) is 4. The summed E-state index contributed by atoms with van der Waals surface area (Å²) in [5.74, 6) is 0. The predicted octanol–water partition coefficient (Wildman–Crippen LogP) is -1.61. The number of rotatable bonds is 0. The average molecular weight is 276 g/mol. The standard InChI is InChI=1S/C10H10N2OS2.K/c1-12-9(13)7-5-3-2-4-6(5)15-8(7)11-10(12)14;/h2-4H2,1H3,(H,11,14);/q;+1/p-1. The van der Waals surface area contributed by atoms with E-state index in [-0.39, 0.29) is 56.9 Å². The van der Waals surface area contributed by atoms with Crippen molar-refractivity contribution >= 4 is 34.2 Å². The van der Waals surface area contributed by atoms with Crippen molar-refractivity contribution in [2.75, 3.05) is 0 Å². The molecule has 0 saturated carbocycles. The van der Waals surface area contributed by atoms with Crippen LogP contribution in [0.4, 0.5) is 0 Å². The summed E-state index contributed by atoms with van der Waals surface area (Å²) in [7, 11) is 1.69. The van der Waals surface area contributed by atoms with Crippen molar-refractivity contribution in [3.8, 4) is 0 Å². The summed E-state index contributed by atoms with van der Waals surface area (Å²) >= 11 is 6.67. The molecule has 6 heteroatoms. The Labute approximate surface area is 145 Å². The Morgan fingerprint density at radius 3 is 2.94 bits per heavy atom. The van der Waals surface area contributed by atoms with Crippen molar-refractivity contribution in [3.05, 3.63) is 20.8 Å². The molecule has 0 amide bonds. The van der Waals surface area contributed by atoms with Gasteiger partial charge in [0.25, 0.3) is 5.56 Å². The largest absolute Gasteiger partial charge is 1.00 e. The normalized spacial score (nSPS) is 13.8. The third kappa shape index (κ3) is 1.84. The molecule has 16 heavy (non-hydrogen) atoms. The van der Waals surface area contributed by atoms with E-state index >= 15 is 0 Å². The van der Waals surface area contributed by atoms with Crippen LogP contribution in [0.1, 0.15) is 16.9 Å². The van der Waals surface area contributed by atoms with Gasteiger partial charge in [-0.2, -0.15) is 0 Å². The van der Waals surface area contributed by atoms with Gasteiger partial charge < -0.3 is 17.2 Å². The minimum atomic E-state index is 0. The number of aryl methyl sites for hydroxylation is 2. The van der Waals surface area contributed by atoms with Gasteiger partial charge in [0, 0.05) is 11.9 Å². The van der Waals surface area contributed by atoms with Crippen LogP contribution in [0.3, 0.4) is 0 Å². The third-order valence-electron chi connectivity index (χ3n) is 2.91. The number of hydrogen-bond donors (Lipinski definition) is 0.